The Balaban J connectivity index is 1.41. The largest absolute Gasteiger partial charge is 0.376 e. The van der Waals surface area contributed by atoms with Crippen molar-refractivity contribution in [2.45, 2.75) is 63.3 Å². The van der Waals surface area contributed by atoms with E-state index in [2.05, 4.69) is 20.1 Å². The van der Waals surface area contributed by atoms with E-state index in [1.807, 2.05) is 32.0 Å². The quantitative estimate of drug-likeness (QED) is 0.735. The number of aromatic nitrogens is 3. The Morgan fingerprint density at radius 3 is 2.89 bits per heavy atom. The van der Waals surface area contributed by atoms with Crippen LogP contribution in [0.2, 0.25) is 0 Å². The van der Waals surface area contributed by atoms with Gasteiger partial charge in [0.25, 0.3) is 0 Å². The van der Waals surface area contributed by atoms with Gasteiger partial charge in [0.2, 0.25) is 5.91 Å². The molecular weight excluding hydrogens is 360 g/mol. The van der Waals surface area contributed by atoms with E-state index in [0.29, 0.717) is 11.7 Å². The van der Waals surface area contributed by atoms with Crippen LogP contribution < -0.4 is 5.32 Å². The molecule has 1 aliphatic carbocycles. The fourth-order valence-corrected chi connectivity index (χ4v) is 4.17. The van der Waals surface area contributed by atoms with Crippen molar-refractivity contribution in [3.63, 3.8) is 0 Å². The van der Waals surface area contributed by atoms with E-state index in [1.165, 1.54) is 30.2 Å². The Morgan fingerprint density at radius 2 is 2.15 bits per heavy atom. The molecule has 0 bridgehead atoms. The summed E-state index contributed by atoms with van der Waals surface area (Å²) < 4.78 is 7.98. The summed E-state index contributed by atoms with van der Waals surface area (Å²) >= 11 is 1.46. The summed E-state index contributed by atoms with van der Waals surface area (Å²) in [5.41, 5.74) is 3.15. The Kier molecular flexibility index (Phi) is 5.50. The van der Waals surface area contributed by atoms with Crippen molar-refractivity contribution in [1.29, 1.82) is 0 Å². The fraction of sp³-hybridized carbons (Fsp3) is 0.550. The van der Waals surface area contributed by atoms with Crippen molar-refractivity contribution in [3.8, 4) is 0 Å². The lowest BCUT2D eigenvalue weighted by molar-refractivity contribution is -0.113. The van der Waals surface area contributed by atoms with Crippen molar-refractivity contribution >= 4 is 23.4 Å². The smallest absolute Gasteiger partial charge is 0.234 e. The number of amides is 1. The number of benzene rings is 1. The van der Waals surface area contributed by atoms with Crippen molar-refractivity contribution in [2.75, 3.05) is 17.7 Å². The van der Waals surface area contributed by atoms with Gasteiger partial charge in [0.05, 0.1) is 18.4 Å². The number of rotatable bonds is 7. The minimum absolute atomic E-state index is 0.0201. The SMILES string of the molecule is Cc1cccc(NC(=O)CSc2nnc(C3CC3)n2C[C@@H]2CCCO2)c1C. The van der Waals surface area contributed by atoms with Crippen molar-refractivity contribution < 1.29 is 9.53 Å². The van der Waals surface area contributed by atoms with E-state index in [1.54, 1.807) is 0 Å². The molecule has 2 aromatic rings. The molecule has 2 aliphatic rings. The van der Waals surface area contributed by atoms with Gasteiger partial charge in [0, 0.05) is 18.2 Å². The highest BCUT2D eigenvalue weighted by atomic mass is 32.2. The topological polar surface area (TPSA) is 69.0 Å². The van der Waals surface area contributed by atoms with Gasteiger partial charge in [-0.05, 0) is 56.7 Å². The average molecular weight is 387 g/mol. The third kappa shape index (κ3) is 4.35. The number of nitrogens with zero attached hydrogens (tertiary/aromatic N) is 3. The van der Waals surface area contributed by atoms with E-state index in [0.717, 1.165) is 48.2 Å². The lowest BCUT2D eigenvalue weighted by Crippen LogP contribution is -2.19. The first-order chi connectivity index (χ1) is 13.1. The number of aryl methyl sites for hydroxylation is 1. The highest BCUT2D eigenvalue weighted by Crippen LogP contribution is 2.40. The van der Waals surface area contributed by atoms with Gasteiger partial charge in [-0.3, -0.25) is 4.79 Å². The molecule has 2 fully saturated rings. The molecule has 6 nitrogen and oxygen atoms in total. The lowest BCUT2D eigenvalue weighted by Gasteiger charge is -2.14. The van der Waals surface area contributed by atoms with Gasteiger partial charge in [-0.25, -0.2) is 0 Å². The summed E-state index contributed by atoms with van der Waals surface area (Å²) in [6.45, 7) is 5.71. The van der Waals surface area contributed by atoms with Crippen molar-refractivity contribution in [2.24, 2.45) is 0 Å². The molecule has 1 saturated carbocycles. The summed E-state index contributed by atoms with van der Waals surface area (Å²) in [4.78, 5) is 12.4. The predicted octanol–water partition coefficient (Wildman–Crippen LogP) is 3.68. The zero-order valence-corrected chi connectivity index (χ0v) is 16.7. The molecule has 1 N–H and O–H groups in total. The summed E-state index contributed by atoms with van der Waals surface area (Å²) in [6.07, 6.45) is 4.80. The first-order valence-electron chi connectivity index (χ1n) is 9.65. The van der Waals surface area contributed by atoms with Crippen LogP contribution >= 0.6 is 11.8 Å². The van der Waals surface area contributed by atoms with Gasteiger partial charge < -0.3 is 14.6 Å². The molecule has 2 heterocycles. The third-order valence-corrected chi connectivity index (χ3v) is 6.28. The highest BCUT2D eigenvalue weighted by Gasteiger charge is 2.32. The van der Waals surface area contributed by atoms with Crippen molar-refractivity contribution in [3.05, 3.63) is 35.2 Å². The molecular formula is C20H26N4O2S. The Bertz CT molecular complexity index is 825. The van der Waals surface area contributed by atoms with E-state index in [-0.39, 0.29) is 12.0 Å². The maximum absolute atomic E-state index is 12.4. The summed E-state index contributed by atoms with van der Waals surface area (Å²) in [5, 5.41) is 12.6. The minimum Gasteiger partial charge on any atom is -0.376 e. The minimum atomic E-state index is -0.0201. The number of ether oxygens (including phenoxy) is 1. The van der Waals surface area contributed by atoms with E-state index >= 15 is 0 Å². The maximum Gasteiger partial charge on any atom is 0.234 e. The van der Waals surface area contributed by atoms with Crippen LogP contribution in [-0.4, -0.2) is 39.1 Å². The fourth-order valence-electron chi connectivity index (χ4n) is 3.42. The van der Waals surface area contributed by atoms with Gasteiger partial charge in [0.1, 0.15) is 5.82 Å². The standard InChI is InChI=1S/C20H26N4O2S/c1-13-5-3-7-17(14(13)2)21-18(25)12-27-20-23-22-19(15-8-9-15)24(20)11-16-6-4-10-26-16/h3,5,7,15-16H,4,6,8-12H2,1-2H3,(H,21,25)/t16-/m0/s1. The average Bonchev–Trinajstić information content (AvgIpc) is 3.22. The van der Waals surface area contributed by atoms with Crippen LogP contribution in [0.4, 0.5) is 5.69 Å². The number of hydrogen-bond donors (Lipinski definition) is 1. The number of thioether (sulfide) groups is 1. The third-order valence-electron chi connectivity index (χ3n) is 5.31. The molecule has 1 aliphatic heterocycles. The number of carbonyl (C=O) groups is 1. The molecule has 1 aromatic carbocycles. The molecule has 27 heavy (non-hydrogen) atoms. The highest BCUT2D eigenvalue weighted by molar-refractivity contribution is 7.99. The molecule has 1 amide bonds. The van der Waals surface area contributed by atoms with Crippen LogP contribution in [0.15, 0.2) is 23.4 Å². The van der Waals surface area contributed by atoms with Gasteiger partial charge in [0.15, 0.2) is 5.16 Å². The second kappa shape index (κ2) is 8.02. The molecule has 7 heteroatoms. The molecule has 0 unspecified atom stereocenters. The monoisotopic (exact) mass is 386 g/mol. The number of anilines is 1. The zero-order chi connectivity index (χ0) is 18.8. The van der Waals surface area contributed by atoms with Crippen LogP contribution in [0.3, 0.4) is 0 Å². The van der Waals surface area contributed by atoms with Crippen LogP contribution in [0.25, 0.3) is 0 Å². The van der Waals surface area contributed by atoms with Crippen LogP contribution in [0.5, 0.6) is 0 Å². The first kappa shape index (κ1) is 18.5. The molecule has 0 radical (unpaired) electrons. The summed E-state index contributed by atoms with van der Waals surface area (Å²) in [6, 6.07) is 5.95. The molecule has 144 valence electrons. The van der Waals surface area contributed by atoms with Crippen LogP contribution in [0, 0.1) is 13.8 Å². The van der Waals surface area contributed by atoms with Gasteiger partial charge in [-0.1, -0.05) is 23.9 Å². The van der Waals surface area contributed by atoms with Gasteiger partial charge in [-0.15, -0.1) is 10.2 Å². The molecule has 0 spiro atoms. The molecule has 1 atom stereocenters. The lowest BCUT2D eigenvalue weighted by atomic mass is 10.1. The Morgan fingerprint density at radius 1 is 1.30 bits per heavy atom. The second-order valence-electron chi connectivity index (χ2n) is 7.45. The first-order valence-corrected chi connectivity index (χ1v) is 10.6. The van der Waals surface area contributed by atoms with Crippen molar-refractivity contribution in [1.82, 2.24) is 14.8 Å². The van der Waals surface area contributed by atoms with E-state index < -0.39 is 0 Å². The van der Waals surface area contributed by atoms with Gasteiger partial charge >= 0.3 is 0 Å². The number of hydrogen-bond acceptors (Lipinski definition) is 5. The summed E-state index contributed by atoms with van der Waals surface area (Å²) in [5.74, 6) is 1.88. The molecule has 4 rings (SSSR count). The molecule has 1 aromatic heterocycles. The number of nitrogens with one attached hydrogen (secondary N) is 1. The zero-order valence-electron chi connectivity index (χ0n) is 15.9. The Labute approximate surface area is 164 Å². The molecule has 1 saturated heterocycles. The van der Waals surface area contributed by atoms with E-state index in [9.17, 15) is 4.79 Å². The van der Waals surface area contributed by atoms with E-state index in [4.69, 9.17) is 4.74 Å². The maximum atomic E-state index is 12.4. The normalized spacial score (nSPS) is 19.4. The Hall–Kier alpha value is -1.86. The second-order valence-corrected chi connectivity index (χ2v) is 8.39. The summed E-state index contributed by atoms with van der Waals surface area (Å²) in [7, 11) is 0. The predicted molar refractivity (Wildman–Crippen MR) is 106 cm³/mol. The van der Waals surface area contributed by atoms with Crippen LogP contribution in [0.1, 0.15) is 48.6 Å². The number of carbonyl (C=O) groups excluding carboxylic acids is 1. The van der Waals surface area contributed by atoms with Gasteiger partial charge in [-0.2, -0.15) is 0 Å². The van der Waals surface area contributed by atoms with Crippen LogP contribution in [-0.2, 0) is 16.1 Å².